The monoisotopic (exact) mass is 434 g/mol. The molecule has 1 aromatic carbocycles. The number of piperidine rings is 1. The van der Waals surface area contributed by atoms with Crippen LogP contribution in [0.5, 0.6) is 0 Å². The molecule has 1 N–H and O–H groups in total. The molecule has 3 aliphatic heterocycles. The molecule has 8 heteroatoms. The van der Waals surface area contributed by atoms with Crippen LogP contribution in [-0.4, -0.2) is 72.8 Å². The van der Waals surface area contributed by atoms with Crippen molar-refractivity contribution in [3.63, 3.8) is 0 Å². The Morgan fingerprint density at radius 3 is 2.70 bits per heavy atom. The molecule has 30 heavy (non-hydrogen) atoms. The minimum Gasteiger partial charge on any atom is -0.340 e. The van der Waals surface area contributed by atoms with Crippen molar-refractivity contribution in [3.8, 4) is 0 Å². The van der Waals surface area contributed by atoms with E-state index in [9.17, 15) is 14.4 Å². The number of hydrogen-bond donors (Lipinski definition) is 1. The standard InChI is InChI=1S/C22H30N4O3.ClH/c1-2-16-6-3-4-8-19(16)26-14-17(12-20(26)27)22(29)24-10-5-7-18(15-24)25-11-9-23-13-21(25)28;/h3-4,6,8,17-18,23H,2,5,7,9-15H2,1H3;1H. The summed E-state index contributed by atoms with van der Waals surface area (Å²) in [6.45, 7) is 5.71. The first-order chi connectivity index (χ1) is 14.1. The van der Waals surface area contributed by atoms with E-state index in [-0.39, 0.29) is 48.5 Å². The van der Waals surface area contributed by atoms with Crippen molar-refractivity contribution in [2.45, 2.75) is 38.6 Å². The summed E-state index contributed by atoms with van der Waals surface area (Å²) in [7, 11) is 0. The number of nitrogens with one attached hydrogen (secondary N) is 1. The Morgan fingerprint density at radius 2 is 1.93 bits per heavy atom. The van der Waals surface area contributed by atoms with E-state index in [1.165, 1.54) is 0 Å². The van der Waals surface area contributed by atoms with Gasteiger partial charge in [-0.25, -0.2) is 0 Å². The van der Waals surface area contributed by atoms with Gasteiger partial charge in [0.25, 0.3) is 0 Å². The average Bonchev–Trinajstić information content (AvgIpc) is 3.15. The number of para-hydroxylation sites is 1. The molecule has 3 fully saturated rings. The van der Waals surface area contributed by atoms with Gasteiger partial charge in [-0.15, -0.1) is 12.4 Å². The van der Waals surface area contributed by atoms with Crippen LogP contribution in [0, 0.1) is 5.92 Å². The van der Waals surface area contributed by atoms with Crippen molar-refractivity contribution in [1.82, 2.24) is 15.1 Å². The molecule has 3 heterocycles. The van der Waals surface area contributed by atoms with Crippen LogP contribution in [0.2, 0.25) is 0 Å². The lowest BCUT2D eigenvalue weighted by molar-refractivity contribution is -0.142. The second kappa shape index (κ2) is 9.79. The van der Waals surface area contributed by atoms with Gasteiger partial charge in [-0.1, -0.05) is 25.1 Å². The van der Waals surface area contributed by atoms with Crippen LogP contribution >= 0.6 is 12.4 Å². The molecule has 0 aliphatic carbocycles. The molecule has 3 saturated heterocycles. The molecule has 3 amide bonds. The van der Waals surface area contributed by atoms with E-state index < -0.39 is 0 Å². The van der Waals surface area contributed by atoms with Crippen molar-refractivity contribution >= 4 is 35.8 Å². The topological polar surface area (TPSA) is 73.0 Å². The Hall–Kier alpha value is -2.12. The van der Waals surface area contributed by atoms with Crippen LogP contribution in [-0.2, 0) is 20.8 Å². The molecule has 4 rings (SSSR count). The third kappa shape index (κ3) is 4.47. The van der Waals surface area contributed by atoms with Crippen LogP contribution < -0.4 is 10.2 Å². The quantitative estimate of drug-likeness (QED) is 0.778. The van der Waals surface area contributed by atoms with E-state index in [4.69, 9.17) is 0 Å². The Morgan fingerprint density at radius 1 is 1.13 bits per heavy atom. The zero-order chi connectivity index (χ0) is 20.4. The van der Waals surface area contributed by atoms with Crippen molar-refractivity contribution < 1.29 is 14.4 Å². The fourth-order valence-electron chi connectivity index (χ4n) is 4.85. The highest BCUT2D eigenvalue weighted by atomic mass is 35.5. The number of halogens is 1. The minimum absolute atomic E-state index is 0. The van der Waals surface area contributed by atoms with E-state index in [1.807, 2.05) is 34.1 Å². The molecule has 0 saturated carbocycles. The third-order valence-corrected chi connectivity index (χ3v) is 6.41. The van der Waals surface area contributed by atoms with E-state index in [0.717, 1.165) is 37.1 Å². The van der Waals surface area contributed by atoms with Gasteiger partial charge in [0.05, 0.1) is 12.5 Å². The summed E-state index contributed by atoms with van der Waals surface area (Å²) in [5, 5.41) is 3.10. The molecule has 7 nitrogen and oxygen atoms in total. The van der Waals surface area contributed by atoms with Gasteiger partial charge in [0.2, 0.25) is 17.7 Å². The van der Waals surface area contributed by atoms with E-state index in [0.29, 0.717) is 32.7 Å². The second-order valence-corrected chi connectivity index (χ2v) is 8.23. The number of rotatable bonds is 4. The van der Waals surface area contributed by atoms with Crippen LogP contribution in [0.3, 0.4) is 0 Å². The normalized spacial score (nSPS) is 24.8. The molecule has 0 spiro atoms. The lowest BCUT2D eigenvalue weighted by Gasteiger charge is -2.41. The first kappa shape index (κ1) is 22.6. The second-order valence-electron chi connectivity index (χ2n) is 8.23. The SMILES string of the molecule is CCc1ccccc1N1CC(C(=O)N2CCCC(N3CCNCC3=O)C2)CC1=O.Cl. The molecule has 2 unspecified atom stereocenters. The van der Waals surface area contributed by atoms with Crippen LogP contribution in [0.15, 0.2) is 24.3 Å². The lowest BCUT2D eigenvalue weighted by Crippen LogP contribution is -2.58. The van der Waals surface area contributed by atoms with E-state index >= 15 is 0 Å². The molecule has 2 atom stereocenters. The van der Waals surface area contributed by atoms with E-state index in [2.05, 4.69) is 12.2 Å². The number of anilines is 1. The number of benzene rings is 1. The summed E-state index contributed by atoms with van der Waals surface area (Å²) < 4.78 is 0. The van der Waals surface area contributed by atoms with Gasteiger partial charge < -0.3 is 20.0 Å². The smallest absolute Gasteiger partial charge is 0.236 e. The third-order valence-electron chi connectivity index (χ3n) is 6.41. The summed E-state index contributed by atoms with van der Waals surface area (Å²) in [4.78, 5) is 43.7. The van der Waals surface area contributed by atoms with Gasteiger partial charge >= 0.3 is 0 Å². The summed E-state index contributed by atoms with van der Waals surface area (Å²) in [6, 6.07) is 8.03. The van der Waals surface area contributed by atoms with Gasteiger partial charge in [-0.3, -0.25) is 14.4 Å². The molecular formula is C22H31ClN4O3. The van der Waals surface area contributed by atoms with Gasteiger partial charge in [0, 0.05) is 50.9 Å². The maximum absolute atomic E-state index is 13.2. The Labute approximate surface area is 184 Å². The number of carbonyl (C=O) groups is 3. The number of hydrogen-bond acceptors (Lipinski definition) is 4. The maximum atomic E-state index is 13.2. The summed E-state index contributed by atoms with van der Waals surface area (Å²) in [5.41, 5.74) is 2.06. The van der Waals surface area contributed by atoms with Crippen molar-refractivity contribution in [2.75, 3.05) is 44.2 Å². The molecule has 0 bridgehead atoms. The van der Waals surface area contributed by atoms with Crippen LogP contribution in [0.4, 0.5) is 5.69 Å². The fraction of sp³-hybridized carbons (Fsp3) is 0.591. The Balaban J connectivity index is 0.00000256. The van der Waals surface area contributed by atoms with Gasteiger partial charge in [-0.2, -0.15) is 0 Å². The number of likely N-dealkylation sites (tertiary alicyclic amines) is 1. The number of amides is 3. The van der Waals surface area contributed by atoms with Crippen LogP contribution in [0.1, 0.15) is 31.7 Å². The molecule has 3 aliphatic rings. The highest BCUT2D eigenvalue weighted by Crippen LogP contribution is 2.30. The minimum atomic E-state index is -0.301. The highest BCUT2D eigenvalue weighted by molar-refractivity contribution is 6.00. The average molecular weight is 435 g/mol. The zero-order valence-corrected chi connectivity index (χ0v) is 18.3. The number of carbonyl (C=O) groups excluding carboxylic acids is 3. The van der Waals surface area contributed by atoms with Gasteiger partial charge in [0.1, 0.15) is 0 Å². The van der Waals surface area contributed by atoms with Gasteiger partial charge in [0.15, 0.2) is 0 Å². The number of nitrogens with zero attached hydrogens (tertiary/aromatic N) is 3. The fourth-order valence-corrected chi connectivity index (χ4v) is 4.85. The molecule has 0 radical (unpaired) electrons. The van der Waals surface area contributed by atoms with Gasteiger partial charge in [-0.05, 0) is 30.9 Å². The maximum Gasteiger partial charge on any atom is 0.236 e. The zero-order valence-electron chi connectivity index (χ0n) is 17.5. The Kier molecular flexibility index (Phi) is 7.36. The van der Waals surface area contributed by atoms with Crippen molar-refractivity contribution in [2.24, 2.45) is 5.92 Å². The van der Waals surface area contributed by atoms with E-state index in [1.54, 1.807) is 4.90 Å². The molecule has 164 valence electrons. The van der Waals surface area contributed by atoms with Crippen LogP contribution in [0.25, 0.3) is 0 Å². The predicted molar refractivity (Wildman–Crippen MR) is 118 cm³/mol. The first-order valence-corrected chi connectivity index (χ1v) is 10.8. The number of aryl methyl sites for hydroxylation is 1. The summed E-state index contributed by atoms with van der Waals surface area (Å²) in [5.74, 6) is -0.101. The molecule has 0 aromatic heterocycles. The number of piperazine rings is 1. The summed E-state index contributed by atoms with van der Waals surface area (Å²) in [6.07, 6.45) is 2.96. The predicted octanol–water partition coefficient (Wildman–Crippen LogP) is 1.45. The van der Waals surface area contributed by atoms with Crippen molar-refractivity contribution in [1.29, 1.82) is 0 Å². The highest BCUT2D eigenvalue weighted by Gasteiger charge is 2.40. The first-order valence-electron chi connectivity index (χ1n) is 10.8. The lowest BCUT2D eigenvalue weighted by atomic mass is 10.00. The molecule has 1 aromatic rings. The largest absolute Gasteiger partial charge is 0.340 e. The molecular weight excluding hydrogens is 404 g/mol. The van der Waals surface area contributed by atoms with Crippen molar-refractivity contribution in [3.05, 3.63) is 29.8 Å². The summed E-state index contributed by atoms with van der Waals surface area (Å²) >= 11 is 0. The Bertz CT molecular complexity index is 802.